The lowest BCUT2D eigenvalue weighted by Crippen LogP contribution is -2.47. The number of halogens is 1. The summed E-state index contributed by atoms with van der Waals surface area (Å²) < 4.78 is 5.15. The Morgan fingerprint density at radius 3 is 2.30 bits per heavy atom. The Morgan fingerprint density at radius 2 is 1.78 bits per heavy atom. The van der Waals surface area contributed by atoms with Crippen molar-refractivity contribution < 1.29 is 19.4 Å². The maximum atomic E-state index is 12.5. The Balaban J connectivity index is 0.00000364. The number of likely N-dealkylation sites (N-methyl/N-ethyl adjacent to an activating group) is 2. The summed E-state index contributed by atoms with van der Waals surface area (Å²) in [5, 5.41) is 8.89. The molecule has 1 N–H and O–H groups in total. The molecule has 0 aromatic heterocycles. The van der Waals surface area contributed by atoms with Gasteiger partial charge in [0, 0.05) is 32.7 Å². The molecule has 1 heterocycles. The maximum Gasteiger partial charge on any atom is 0.317 e. The van der Waals surface area contributed by atoms with Gasteiger partial charge in [-0.25, -0.2) is 0 Å². The summed E-state index contributed by atoms with van der Waals surface area (Å²) in [5.41, 5.74) is 1.07. The number of aliphatic carboxylic acids is 1. The van der Waals surface area contributed by atoms with E-state index in [-0.39, 0.29) is 30.9 Å². The lowest BCUT2D eigenvalue weighted by atomic mass is 10.0. The molecule has 152 valence electrons. The summed E-state index contributed by atoms with van der Waals surface area (Å²) in [6.45, 7) is 2.67. The lowest BCUT2D eigenvalue weighted by molar-refractivity contribution is -0.138. The molecule has 1 amide bonds. The fourth-order valence-corrected chi connectivity index (χ4v) is 3.27. The third-order valence-corrected chi connectivity index (χ3v) is 4.93. The van der Waals surface area contributed by atoms with Gasteiger partial charge in [0.1, 0.15) is 5.75 Å². The number of likely N-dealkylation sites (tertiary alicyclic amines) is 1. The van der Waals surface area contributed by atoms with E-state index in [0.29, 0.717) is 13.1 Å². The second kappa shape index (κ2) is 11.1. The number of carbonyl (C=O) groups excluding carboxylic acids is 1. The van der Waals surface area contributed by atoms with E-state index in [1.165, 1.54) is 0 Å². The van der Waals surface area contributed by atoms with Crippen molar-refractivity contribution in [2.24, 2.45) is 0 Å². The van der Waals surface area contributed by atoms with E-state index in [1.807, 2.05) is 43.3 Å². The van der Waals surface area contributed by atoms with Crippen LogP contribution in [0.2, 0.25) is 0 Å². The molecule has 27 heavy (non-hydrogen) atoms. The van der Waals surface area contributed by atoms with Gasteiger partial charge in [-0.3, -0.25) is 19.4 Å². The number of nitrogens with zero attached hydrogens (tertiary/aromatic N) is 3. The Morgan fingerprint density at radius 1 is 1.19 bits per heavy atom. The first kappa shape index (κ1) is 23.2. The van der Waals surface area contributed by atoms with Gasteiger partial charge in [0.2, 0.25) is 5.91 Å². The molecular weight excluding hydrogens is 370 g/mol. The minimum absolute atomic E-state index is 0. The van der Waals surface area contributed by atoms with Crippen molar-refractivity contribution >= 4 is 24.3 Å². The predicted molar refractivity (Wildman–Crippen MR) is 106 cm³/mol. The summed E-state index contributed by atoms with van der Waals surface area (Å²) >= 11 is 0. The van der Waals surface area contributed by atoms with E-state index in [1.54, 1.807) is 12.0 Å². The Labute approximate surface area is 167 Å². The van der Waals surface area contributed by atoms with E-state index < -0.39 is 5.97 Å². The molecule has 1 aromatic rings. The largest absolute Gasteiger partial charge is 0.497 e. The molecule has 1 aliphatic heterocycles. The first-order valence-corrected chi connectivity index (χ1v) is 8.90. The third kappa shape index (κ3) is 7.36. The van der Waals surface area contributed by atoms with Crippen molar-refractivity contribution in [2.45, 2.75) is 25.4 Å². The van der Waals surface area contributed by atoms with E-state index in [0.717, 1.165) is 37.2 Å². The molecule has 1 aromatic carbocycles. The Hall–Kier alpha value is -1.83. The van der Waals surface area contributed by atoms with Crippen molar-refractivity contribution in [3.63, 3.8) is 0 Å². The SMILES string of the molecule is COc1ccc(CN(C)C(=O)CN2CCC(N(C)CC(=O)O)CC2)cc1.Cl. The average Bonchev–Trinajstić information content (AvgIpc) is 2.62. The highest BCUT2D eigenvalue weighted by Gasteiger charge is 2.25. The smallest absolute Gasteiger partial charge is 0.317 e. The van der Waals surface area contributed by atoms with E-state index in [9.17, 15) is 9.59 Å². The second-order valence-electron chi connectivity index (χ2n) is 6.91. The van der Waals surface area contributed by atoms with Crippen LogP contribution in [-0.2, 0) is 16.1 Å². The van der Waals surface area contributed by atoms with Gasteiger partial charge < -0.3 is 14.7 Å². The molecule has 0 unspecified atom stereocenters. The van der Waals surface area contributed by atoms with Gasteiger partial charge >= 0.3 is 5.97 Å². The molecule has 0 radical (unpaired) electrons. The number of amides is 1. The van der Waals surface area contributed by atoms with Gasteiger partial charge in [-0.15, -0.1) is 12.4 Å². The lowest BCUT2D eigenvalue weighted by Gasteiger charge is -2.36. The molecule has 1 aliphatic rings. The second-order valence-corrected chi connectivity index (χ2v) is 6.91. The fourth-order valence-electron chi connectivity index (χ4n) is 3.27. The molecule has 1 saturated heterocycles. The first-order chi connectivity index (χ1) is 12.4. The van der Waals surface area contributed by atoms with Crippen LogP contribution in [0.3, 0.4) is 0 Å². The van der Waals surface area contributed by atoms with Crippen molar-refractivity contribution in [1.82, 2.24) is 14.7 Å². The summed E-state index contributed by atoms with van der Waals surface area (Å²) in [5.74, 6) is 0.0990. The van der Waals surface area contributed by atoms with Gasteiger partial charge in [-0.1, -0.05) is 12.1 Å². The highest BCUT2D eigenvalue weighted by Crippen LogP contribution is 2.16. The number of carbonyl (C=O) groups is 2. The van der Waals surface area contributed by atoms with E-state index in [2.05, 4.69) is 4.90 Å². The zero-order valence-electron chi connectivity index (χ0n) is 16.3. The quantitative estimate of drug-likeness (QED) is 0.715. The van der Waals surface area contributed by atoms with Crippen LogP contribution in [0, 0.1) is 0 Å². The van der Waals surface area contributed by atoms with Gasteiger partial charge in [0.05, 0.1) is 20.2 Å². The van der Waals surface area contributed by atoms with Crippen LogP contribution in [0.4, 0.5) is 0 Å². The summed E-state index contributed by atoms with van der Waals surface area (Å²) in [7, 11) is 5.30. The number of ether oxygens (including phenoxy) is 1. The minimum Gasteiger partial charge on any atom is -0.497 e. The molecule has 1 fully saturated rings. The van der Waals surface area contributed by atoms with Crippen molar-refractivity contribution in [3.8, 4) is 5.75 Å². The van der Waals surface area contributed by atoms with E-state index in [4.69, 9.17) is 9.84 Å². The molecule has 7 nitrogen and oxygen atoms in total. The molecular formula is C19H30ClN3O4. The molecule has 0 aliphatic carbocycles. The number of hydrogen-bond acceptors (Lipinski definition) is 5. The Bertz CT molecular complexity index is 603. The molecule has 0 spiro atoms. The zero-order valence-corrected chi connectivity index (χ0v) is 17.1. The van der Waals surface area contributed by atoms with Crippen LogP contribution < -0.4 is 4.74 Å². The number of rotatable bonds is 8. The summed E-state index contributed by atoms with van der Waals surface area (Å²) in [6.07, 6.45) is 1.78. The molecule has 0 saturated carbocycles. The van der Waals surface area contributed by atoms with E-state index >= 15 is 0 Å². The maximum absolute atomic E-state index is 12.5. The number of carboxylic acids is 1. The molecule has 2 rings (SSSR count). The average molecular weight is 400 g/mol. The number of hydrogen-bond donors (Lipinski definition) is 1. The monoisotopic (exact) mass is 399 g/mol. The van der Waals surface area contributed by atoms with Crippen LogP contribution >= 0.6 is 12.4 Å². The van der Waals surface area contributed by atoms with Gasteiger partial charge in [0.15, 0.2) is 0 Å². The minimum atomic E-state index is -0.801. The predicted octanol–water partition coefficient (Wildman–Crippen LogP) is 1.56. The van der Waals surface area contributed by atoms with Crippen molar-refractivity contribution in [1.29, 1.82) is 0 Å². The van der Waals surface area contributed by atoms with Gasteiger partial charge in [0.25, 0.3) is 0 Å². The van der Waals surface area contributed by atoms with Gasteiger partial charge in [-0.2, -0.15) is 0 Å². The number of benzene rings is 1. The third-order valence-electron chi connectivity index (χ3n) is 4.93. The first-order valence-electron chi connectivity index (χ1n) is 8.90. The van der Waals surface area contributed by atoms with Crippen LogP contribution in [0.5, 0.6) is 5.75 Å². The van der Waals surface area contributed by atoms with Gasteiger partial charge in [-0.05, 0) is 37.6 Å². The normalized spacial score (nSPS) is 15.3. The molecule has 8 heteroatoms. The van der Waals surface area contributed by atoms with Crippen LogP contribution in [-0.4, -0.2) is 85.1 Å². The fraction of sp³-hybridized carbons (Fsp3) is 0.579. The summed E-state index contributed by atoms with van der Waals surface area (Å²) in [6, 6.07) is 7.99. The highest BCUT2D eigenvalue weighted by molar-refractivity contribution is 5.85. The van der Waals surface area contributed by atoms with Crippen molar-refractivity contribution in [3.05, 3.63) is 29.8 Å². The Kier molecular flexibility index (Phi) is 9.55. The van der Waals surface area contributed by atoms with Crippen molar-refractivity contribution in [2.75, 3.05) is 47.4 Å². The number of methoxy groups -OCH3 is 1. The summed E-state index contributed by atoms with van der Waals surface area (Å²) in [4.78, 5) is 29.1. The number of piperidine rings is 1. The molecule has 0 atom stereocenters. The van der Waals surface area contributed by atoms with Crippen LogP contribution in [0.1, 0.15) is 18.4 Å². The van der Waals surface area contributed by atoms with Crippen LogP contribution in [0.15, 0.2) is 24.3 Å². The van der Waals surface area contributed by atoms with Crippen LogP contribution in [0.25, 0.3) is 0 Å². The number of carboxylic acid groups (broad SMARTS) is 1. The standard InChI is InChI=1S/C19H29N3O4.ClH/c1-20(14-19(24)25)16-8-10-22(11-9-16)13-18(23)21(2)12-15-4-6-17(26-3)7-5-15;/h4-7,16H,8-14H2,1-3H3,(H,24,25);1H. The topological polar surface area (TPSA) is 73.3 Å². The zero-order chi connectivity index (χ0) is 19.1. The highest BCUT2D eigenvalue weighted by atomic mass is 35.5. The molecule has 0 bridgehead atoms.